The predicted octanol–water partition coefficient (Wildman–Crippen LogP) is 1.71. The monoisotopic (exact) mass is 219 g/mol. The lowest BCUT2D eigenvalue weighted by Gasteiger charge is -2.29. The van der Waals surface area contributed by atoms with Crippen molar-refractivity contribution in [3.63, 3.8) is 0 Å². The van der Waals surface area contributed by atoms with Gasteiger partial charge in [-0.3, -0.25) is 0 Å². The highest BCUT2D eigenvalue weighted by molar-refractivity contribution is 7.13. The van der Waals surface area contributed by atoms with Gasteiger partial charge in [-0.2, -0.15) is 4.37 Å². The van der Waals surface area contributed by atoms with Gasteiger partial charge in [0.25, 0.3) is 0 Å². The number of piperazine rings is 1. The lowest BCUT2D eigenvalue weighted by Crippen LogP contribution is -2.43. The van der Waals surface area contributed by atoms with Crippen molar-refractivity contribution >= 4 is 27.3 Å². The van der Waals surface area contributed by atoms with Crippen molar-refractivity contribution in [2.75, 3.05) is 31.1 Å². The normalized spacial score (nSPS) is 17.2. The van der Waals surface area contributed by atoms with Gasteiger partial charge >= 0.3 is 0 Å². The number of anilines is 1. The first-order chi connectivity index (χ1) is 7.45. The van der Waals surface area contributed by atoms with Crippen molar-refractivity contribution < 1.29 is 0 Å². The molecule has 15 heavy (non-hydrogen) atoms. The molecule has 0 aliphatic carbocycles. The SMILES string of the molecule is c1cc(N2CCNCC2)c2cnsc2c1. The first kappa shape index (κ1) is 9.12. The third-order valence-electron chi connectivity index (χ3n) is 2.83. The zero-order valence-corrected chi connectivity index (χ0v) is 9.26. The van der Waals surface area contributed by atoms with Crippen molar-refractivity contribution in [3.8, 4) is 0 Å². The Bertz CT molecular complexity index is 460. The average molecular weight is 219 g/mol. The second-order valence-corrected chi connectivity index (χ2v) is 4.59. The van der Waals surface area contributed by atoms with Crippen LogP contribution in [0.1, 0.15) is 0 Å². The molecule has 0 atom stereocenters. The third-order valence-corrected chi connectivity index (χ3v) is 3.60. The maximum absolute atomic E-state index is 4.26. The third kappa shape index (κ3) is 1.60. The van der Waals surface area contributed by atoms with E-state index in [1.165, 1.54) is 15.8 Å². The summed E-state index contributed by atoms with van der Waals surface area (Å²) in [6, 6.07) is 6.46. The largest absolute Gasteiger partial charge is 0.368 e. The maximum Gasteiger partial charge on any atom is 0.0570 e. The van der Waals surface area contributed by atoms with Gasteiger partial charge in [-0.1, -0.05) is 6.07 Å². The Labute approximate surface area is 92.9 Å². The zero-order valence-electron chi connectivity index (χ0n) is 8.44. The fourth-order valence-electron chi connectivity index (χ4n) is 2.06. The molecule has 4 heteroatoms. The van der Waals surface area contributed by atoms with Crippen LogP contribution in [0.3, 0.4) is 0 Å². The summed E-state index contributed by atoms with van der Waals surface area (Å²) in [6.07, 6.45) is 1.98. The average Bonchev–Trinajstić information content (AvgIpc) is 2.78. The molecule has 1 N–H and O–H groups in total. The number of aromatic nitrogens is 1. The maximum atomic E-state index is 4.26. The minimum Gasteiger partial charge on any atom is -0.368 e. The number of hydrogen-bond acceptors (Lipinski definition) is 4. The minimum atomic E-state index is 1.08. The van der Waals surface area contributed by atoms with E-state index in [2.05, 4.69) is 32.8 Å². The fraction of sp³-hybridized carbons (Fsp3) is 0.364. The molecule has 0 spiro atoms. The Morgan fingerprint density at radius 3 is 3.00 bits per heavy atom. The van der Waals surface area contributed by atoms with E-state index in [1.807, 2.05) is 6.20 Å². The summed E-state index contributed by atoms with van der Waals surface area (Å²) < 4.78 is 5.54. The number of hydrogen-bond donors (Lipinski definition) is 1. The van der Waals surface area contributed by atoms with Crippen molar-refractivity contribution in [2.45, 2.75) is 0 Å². The molecule has 1 aliphatic rings. The number of benzene rings is 1. The van der Waals surface area contributed by atoms with E-state index in [0.717, 1.165) is 26.2 Å². The topological polar surface area (TPSA) is 28.2 Å². The van der Waals surface area contributed by atoms with E-state index >= 15 is 0 Å². The van der Waals surface area contributed by atoms with Gasteiger partial charge in [0.2, 0.25) is 0 Å². The van der Waals surface area contributed by atoms with Crippen LogP contribution >= 0.6 is 11.5 Å². The van der Waals surface area contributed by atoms with Gasteiger partial charge in [0.1, 0.15) is 0 Å². The van der Waals surface area contributed by atoms with Gasteiger partial charge in [0, 0.05) is 37.3 Å². The van der Waals surface area contributed by atoms with Crippen LogP contribution in [0.15, 0.2) is 24.4 Å². The Morgan fingerprint density at radius 2 is 2.13 bits per heavy atom. The Morgan fingerprint density at radius 1 is 1.27 bits per heavy atom. The highest BCUT2D eigenvalue weighted by Crippen LogP contribution is 2.28. The molecule has 1 aliphatic heterocycles. The molecule has 1 fully saturated rings. The van der Waals surface area contributed by atoms with Gasteiger partial charge < -0.3 is 10.2 Å². The number of rotatable bonds is 1. The van der Waals surface area contributed by atoms with Crippen molar-refractivity contribution in [3.05, 3.63) is 24.4 Å². The number of nitrogens with zero attached hydrogens (tertiary/aromatic N) is 2. The van der Waals surface area contributed by atoms with E-state index in [4.69, 9.17) is 0 Å². The molecule has 78 valence electrons. The summed E-state index contributed by atoms with van der Waals surface area (Å²) in [5.41, 5.74) is 1.34. The number of fused-ring (bicyclic) bond motifs is 1. The predicted molar refractivity (Wildman–Crippen MR) is 64.7 cm³/mol. The summed E-state index contributed by atoms with van der Waals surface area (Å²) >= 11 is 1.57. The molecule has 2 aromatic rings. The first-order valence-electron chi connectivity index (χ1n) is 5.24. The van der Waals surface area contributed by atoms with Crippen LogP contribution in [-0.2, 0) is 0 Å². The fourth-order valence-corrected chi connectivity index (χ4v) is 2.73. The van der Waals surface area contributed by atoms with Crippen LogP contribution in [0.25, 0.3) is 10.1 Å². The molecule has 3 nitrogen and oxygen atoms in total. The summed E-state index contributed by atoms with van der Waals surface area (Å²) in [6.45, 7) is 4.34. The molecular weight excluding hydrogens is 206 g/mol. The second kappa shape index (κ2) is 3.79. The van der Waals surface area contributed by atoms with Crippen LogP contribution in [0, 0.1) is 0 Å². The molecule has 1 saturated heterocycles. The summed E-state index contributed by atoms with van der Waals surface area (Å²) in [7, 11) is 0. The standard InChI is InChI=1S/C11H13N3S/c1-2-10(14-6-4-12-5-7-14)9-8-13-15-11(9)3-1/h1-3,8,12H,4-7H2. The Balaban J connectivity index is 2.05. The summed E-state index contributed by atoms with van der Waals surface area (Å²) in [4.78, 5) is 2.44. The molecular formula is C11H13N3S. The molecule has 0 unspecified atom stereocenters. The van der Waals surface area contributed by atoms with Crippen molar-refractivity contribution in [1.82, 2.24) is 9.69 Å². The van der Waals surface area contributed by atoms with Crippen LogP contribution < -0.4 is 10.2 Å². The van der Waals surface area contributed by atoms with E-state index in [9.17, 15) is 0 Å². The van der Waals surface area contributed by atoms with Gasteiger partial charge in [-0.25, -0.2) is 0 Å². The molecule has 1 aromatic heterocycles. The lowest BCUT2D eigenvalue weighted by molar-refractivity contribution is 0.590. The van der Waals surface area contributed by atoms with E-state index < -0.39 is 0 Å². The van der Waals surface area contributed by atoms with E-state index in [1.54, 1.807) is 11.5 Å². The number of nitrogens with one attached hydrogen (secondary N) is 1. The molecule has 0 saturated carbocycles. The van der Waals surface area contributed by atoms with E-state index in [0.29, 0.717) is 0 Å². The van der Waals surface area contributed by atoms with Crippen molar-refractivity contribution in [1.29, 1.82) is 0 Å². The van der Waals surface area contributed by atoms with Gasteiger partial charge in [-0.05, 0) is 23.7 Å². The first-order valence-corrected chi connectivity index (χ1v) is 6.01. The van der Waals surface area contributed by atoms with Crippen LogP contribution in [-0.4, -0.2) is 30.6 Å². The smallest absolute Gasteiger partial charge is 0.0570 e. The Hall–Kier alpha value is -1.13. The molecule has 0 bridgehead atoms. The highest BCUT2D eigenvalue weighted by Gasteiger charge is 2.13. The van der Waals surface area contributed by atoms with Gasteiger partial charge in [-0.15, -0.1) is 0 Å². The highest BCUT2D eigenvalue weighted by atomic mass is 32.1. The quantitative estimate of drug-likeness (QED) is 0.791. The van der Waals surface area contributed by atoms with Crippen LogP contribution in [0.5, 0.6) is 0 Å². The molecule has 0 radical (unpaired) electrons. The minimum absolute atomic E-state index is 1.08. The summed E-state index contributed by atoms with van der Waals surface area (Å²) in [5.74, 6) is 0. The van der Waals surface area contributed by atoms with Crippen LogP contribution in [0.4, 0.5) is 5.69 Å². The second-order valence-electron chi connectivity index (χ2n) is 3.75. The van der Waals surface area contributed by atoms with Gasteiger partial charge in [0.15, 0.2) is 0 Å². The lowest BCUT2D eigenvalue weighted by atomic mass is 10.2. The van der Waals surface area contributed by atoms with Gasteiger partial charge in [0.05, 0.1) is 10.9 Å². The van der Waals surface area contributed by atoms with Crippen LogP contribution in [0.2, 0.25) is 0 Å². The Kier molecular flexibility index (Phi) is 2.31. The van der Waals surface area contributed by atoms with E-state index in [-0.39, 0.29) is 0 Å². The molecule has 2 heterocycles. The zero-order chi connectivity index (χ0) is 10.1. The molecule has 3 rings (SSSR count). The molecule has 0 amide bonds. The summed E-state index contributed by atoms with van der Waals surface area (Å²) in [5, 5.41) is 4.67. The van der Waals surface area contributed by atoms with Crippen molar-refractivity contribution in [2.24, 2.45) is 0 Å². The molecule has 1 aromatic carbocycles.